The Bertz CT molecular complexity index is 243. The van der Waals surface area contributed by atoms with E-state index in [0.717, 1.165) is 65.2 Å². The highest BCUT2D eigenvalue weighted by molar-refractivity contribution is 4.66. The van der Waals surface area contributed by atoms with E-state index in [1.54, 1.807) is 0 Å². The fourth-order valence-electron chi connectivity index (χ4n) is 2.76. The van der Waals surface area contributed by atoms with Crippen LogP contribution in [-0.2, 0) is 0 Å². The first-order chi connectivity index (χ1) is 11.5. The average Bonchev–Trinajstić information content (AvgIpc) is 2.52. The van der Waals surface area contributed by atoms with Crippen LogP contribution in [0.25, 0.3) is 0 Å². The van der Waals surface area contributed by atoms with Crippen LogP contribution in [0.15, 0.2) is 0 Å². The Morgan fingerprint density at radius 2 is 0.792 bits per heavy atom. The number of aliphatic hydroxyl groups excluding tert-OH is 2. The van der Waals surface area contributed by atoms with Gasteiger partial charge in [-0.2, -0.15) is 0 Å². The van der Waals surface area contributed by atoms with Crippen molar-refractivity contribution in [2.45, 2.75) is 25.7 Å². The minimum absolute atomic E-state index is 0.241. The zero-order valence-corrected chi connectivity index (χ0v) is 16.6. The van der Waals surface area contributed by atoms with Gasteiger partial charge >= 0.3 is 0 Å². The quantitative estimate of drug-likeness (QED) is 0.394. The van der Waals surface area contributed by atoms with E-state index in [4.69, 9.17) is 10.2 Å². The van der Waals surface area contributed by atoms with E-state index in [-0.39, 0.29) is 13.2 Å². The van der Waals surface area contributed by atoms with Gasteiger partial charge in [0, 0.05) is 39.4 Å². The Hall–Kier alpha value is -0.240. The Morgan fingerprint density at radius 1 is 0.458 bits per heavy atom. The number of rotatable bonds is 17. The maximum Gasteiger partial charge on any atom is 0.0443 e. The number of nitrogens with zero attached hydrogens (tertiary/aromatic N) is 4. The smallest absolute Gasteiger partial charge is 0.0443 e. The first-order valence-electron chi connectivity index (χ1n) is 9.45. The van der Waals surface area contributed by atoms with Gasteiger partial charge in [-0.15, -0.1) is 0 Å². The lowest BCUT2D eigenvalue weighted by molar-refractivity contribution is 0.168. The summed E-state index contributed by atoms with van der Waals surface area (Å²) in [5.41, 5.74) is 0. The van der Waals surface area contributed by atoms with Crippen LogP contribution in [0.3, 0.4) is 0 Å². The third-order valence-corrected chi connectivity index (χ3v) is 4.16. The fourth-order valence-corrected chi connectivity index (χ4v) is 2.76. The largest absolute Gasteiger partial charge is 0.396 e. The van der Waals surface area contributed by atoms with Gasteiger partial charge in [0.15, 0.2) is 0 Å². The van der Waals surface area contributed by atoms with Crippen molar-refractivity contribution in [3.8, 4) is 0 Å². The highest BCUT2D eigenvalue weighted by Crippen LogP contribution is 2.00. The molecule has 0 saturated heterocycles. The molecule has 0 aliphatic carbocycles. The molecule has 0 aromatic heterocycles. The first kappa shape index (κ1) is 23.8. The van der Waals surface area contributed by atoms with Crippen molar-refractivity contribution < 1.29 is 10.2 Å². The topological polar surface area (TPSA) is 53.4 Å². The molecule has 0 aromatic carbocycles. The molecule has 0 bridgehead atoms. The van der Waals surface area contributed by atoms with E-state index in [9.17, 15) is 0 Å². The molecule has 6 heteroatoms. The van der Waals surface area contributed by atoms with Crippen LogP contribution < -0.4 is 0 Å². The highest BCUT2D eigenvalue weighted by atomic mass is 16.3. The molecule has 0 amide bonds. The Morgan fingerprint density at radius 3 is 1.08 bits per heavy atom. The molecular formula is C18H42N4O2. The van der Waals surface area contributed by atoms with Gasteiger partial charge in [0.25, 0.3) is 0 Å². The van der Waals surface area contributed by atoms with Crippen LogP contribution in [0.1, 0.15) is 25.7 Å². The monoisotopic (exact) mass is 346 g/mol. The van der Waals surface area contributed by atoms with E-state index in [1.807, 2.05) is 0 Å². The molecule has 146 valence electrons. The standard InChI is InChI=1S/C18H42N4O2/c1-19(2)9-5-11-21(12-6-10-20(3)4)15-16-22(13-7-17-23)14-8-18-24/h23-24H,5-18H2,1-4H3. The van der Waals surface area contributed by atoms with Crippen molar-refractivity contribution in [2.75, 3.05) is 93.8 Å². The van der Waals surface area contributed by atoms with E-state index in [0.29, 0.717) is 0 Å². The molecule has 0 unspecified atom stereocenters. The third-order valence-electron chi connectivity index (χ3n) is 4.16. The van der Waals surface area contributed by atoms with E-state index >= 15 is 0 Å². The molecular weight excluding hydrogens is 304 g/mol. The van der Waals surface area contributed by atoms with Gasteiger partial charge in [-0.25, -0.2) is 0 Å². The minimum atomic E-state index is 0.241. The average molecular weight is 347 g/mol. The van der Waals surface area contributed by atoms with Crippen LogP contribution in [0.4, 0.5) is 0 Å². The molecule has 0 radical (unpaired) electrons. The molecule has 0 spiro atoms. The lowest BCUT2D eigenvalue weighted by Crippen LogP contribution is -2.38. The van der Waals surface area contributed by atoms with Gasteiger partial charge in [-0.1, -0.05) is 0 Å². The van der Waals surface area contributed by atoms with Crippen molar-refractivity contribution >= 4 is 0 Å². The zero-order valence-electron chi connectivity index (χ0n) is 16.6. The molecule has 24 heavy (non-hydrogen) atoms. The molecule has 0 heterocycles. The summed E-state index contributed by atoms with van der Waals surface area (Å²) in [5, 5.41) is 18.1. The number of hydrogen-bond donors (Lipinski definition) is 2. The molecule has 2 N–H and O–H groups in total. The van der Waals surface area contributed by atoms with Gasteiger partial charge in [0.05, 0.1) is 0 Å². The van der Waals surface area contributed by atoms with Gasteiger partial charge in [0.2, 0.25) is 0 Å². The zero-order chi connectivity index (χ0) is 18.2. The Kier molecular flexibility index (Phi) is 16.1. The lowest BCUT2D eigenvalue weighted by atomic mass is 10.3. The predicted octanol–water partition coefficient (Wildman–Crippen LogP) is 0.259. The molecule has 0 fully saturated rings. The molecule has 0 rings (SSSR count). The van der Waals surface area contributed by atoms with Crippen molar-refractivity contribution in [1.82, 2.24) is 19.6 Å². The van der Waals surface area contributed by atoms with E-state index in [2.05, 4.69) is 47.8 Å². The second kappa shape index (κ2) is 16.2. The van der Waals surface area contributed by atoms with Crippen LogP contribution in [-0.4, -0.2) is 124 Å². The minimum Gasteiger partial charge on any atom is -0.396 e. The maximum absolute atomic E-state index is 9.06. The summed E-state index contributed by atoms with van der Waals surface area (Å²) in [6.45, 7) is 8.93. The fraction of sp³-hybridized carbons (Fsp3) is 1.00. The van der Waals surface area contributed by atoms with Crippen molar-refractivity contribution in [2.24, 2.45) is 0 Å². The van der Waals surface area contributed by atoms with Crippen LogP contribution in [0, 0.1) is 0 Å². The summed E-state index contributed by atoms with van der Waals surface area (Å²) < 4.78 is 0. The van der Waals surface area contributed by atoms with Crippen molar-refractivity contribution in [3.63, 3.8) is 0 Å². The molecule has 0 aromatic rings. The molecule has 0 atom stereocenters. The first-order valence-corrected chi connectivity index (χ1v) is 9.45. The van der Waals surface area contributed by atoms with Crippen LogP contribution in [0.5, 0.6) is 0 Å². The Balaban J connectivity index is 4.28. The van der Waals surface area contributed by atoms with Crippen molar-refractivity contribution in [3.05, 3.63) is 0 Å². The summed E-state index contributed by atoms with van der Waals surface area (Å²) in [4.78, 5) is 9.43. The summed E-state index contributed by atoms with van der Waals surface area (Å²) >= 11 is 0. The third kappa shape index (κ3) is 15.3. The van der Waals surface area contributed by atoms with E-state index in [1.165, 1.54) is 12.8 Å². The van der Waals surface area contributed by atoms with Gasteiger partial charge in [-0.3, -0.25) is 0 Å². The number of hydrogen-bond acceptors (Lipinski definition) is 6. The van der Waals surface area contributed by atoms with Gasteiger partial charge in [0.1, 0.15) is 0 Å². The van der Waals surface area contributed by atoms with Crippen LogP contribution >= 0.6 is 0 Å². The normalized spacial score (nSPS) is 12.2. The van der Waals surface area contributed by atoms with Gasteiger partial charge in [-0.05, 0) is 80.1 Å². The van der Waals surface area contributed by atoms with E-state index < -0.39 is 0 Å². The lowest BCUT2D eigenvalue weighted by Gasteiger charge is -2.28. The summed E-state index contributed by atoms with van der Waals surface area (Å²) in [5.74, 6) is 0. The van der Waals surface area contributed by atoms with Gasteiger partial charge < -0.3 is 29.8 Å². The Labute approximate surface area is 150 Å². The van der Waals surface area contributed by atoms with Crippen LogP contribution in [0.2, 0.25) is 0 Å². The second-order valence-corrected chi connectivity index (χ2v) is 7.15. The van der Waals surface area contributed by atoms with Crippen molar-refractivity contribution in [1.29, 1.82) is 0 Å². The molecule has 0 aliphatic heterocycles. The predicted molar refractivity (Wildman–Crippen MR) is 103 cm³/mol. The summed E-state index contributed by atoms with van der Waals surface area (Å²) in [7, 11) is 8.51. The highest BCUT2D eigenvalue weighted by Gasteiger charge is 2.09. The summed E-state index contributed by atoms with van der Waals surface area (Å²) in [6, 6.07) is 0. The SMILES string of the molecule is CN(C)CCCN(CCCN(C)C)CCN(CCCO)CCCO. The second-order valence-electron chi connectivity index (χ2n) is 7.15. The number of aliphatic hydroxyl groups is 2. The maximum atomic E-state index is 9.06. The molecule has 0 aliphatic rings. The summed E-state index contributed by atoms with van der Waals surface area (Å²) in [6.07, 6.45) is 4.02. The molecule has 0 saturated carbocycles. The molecule has 6 nitrogen and oxygen atoms in total.